The highest BCUT2D eigenvalue weighted by Gasteiger charge is 2.52. The summed E-state index contributed by atoms with van der Waals surface area (Å²) >= 11 is 0. The van der Waals surface area contributed by atoms with E-state index in [2.05, 4.69) is 5.32 Å². The first-order valence-corrected chi connectivity index (χ1v) is 10.1. The number of aliphatic hydroxyl groups excluding tert-OH is 1. The third-order valence-electron chi connectivity index (χ3n) is 5.76. The van der Waals surface area contributed by atoms with Gasteiger partial charge in [0.15, 0.2) is 0 Å². The molecule has 1 heterocycles. The Balaban J connectivity index is 1.41. The lowest BCUT2D eigenvalue weighted by atomic mass is 9.98. The fourth-order valence-electron chi connectivity index (χ4n) is 4.27. The number of hydrogen-bond acceptors (Lipinski definition) is 4. The molecule has 6 nitrogen and oxygen atoms in total. The van der Waals surface area contributed by atoms with Crippen LogP contribution in [0.2, 0.25) is 0 Å². The van der Waals surface area contributed by atoms with Gasteiger partial charge in [-0.3, -0.25) is 9.69 Å². The molecule has 6 heteroatoms. The van der Waals surface area contributed by atoms with E-state index in [-0.39, 0.29) is 25.2 Å². The molecule has 1 saturated carbocycles. The average molecular weight is 394 g/mol. The molecule has 2 aliphatic rings. The predicted molar refractivity (Wildman–Crippen MR) is 108 cm³/mol. The Morgan fingerprint density at radius 2 is 1.52 bits per heavy atom. The summed E-state index contributed by atoms with van der Waals surface area (Å²) in [7, 11) is 0. The first kappa shape index (κ1) is 19.6. The third kappa shape index (κ3) is 4.04. The average Bonchev–Trinajstić information content (AvgIpc) is 3.30. The van der Waals surface area contributed by atoms with Crippen molar-refractivity contribution in [1.29, 1.82) is 0 Å². The Kier molecular flexibility index (Phi) is 5.65. The summed E-state index contributed by atoms with van der Waals surface area (Å²) in [4.78, 5) is 26.2. The third-order valence-corrected chi connectivity index (χ3v) is 5.76. The number of imide groups is 1. The van der Waals surface area contributed by atoms with Crippen molar-refractivity contribution in [2.24, 2.45) is 0 Å². The van der Waals surface area contributed by atoms with Crippen molar-refractivity contribution >= 4 is 11.9 Å². The van der Waals surface area contributed by atoms with Crippen molar-refractivity contribution in [2.45, 2.75) is 43.4 Å². The van der Waals surface area contributed by atoms with Crippen LogP contribution in [0.1, 0.15) is 42.9 Å². The van der Waals surface area contributed by atoms with E-state index in [1.807, 2.05) is 60.7 Å². The molecule has 1 atom stereocenters. The van der Waals surface area contributed by atoms with Gasteiger partial charge >= 0.3 is 6.03 Å². The number of β-amino-alcohol motifs (C(OH)–C–C–N with tert-alkyl or cyclic N) is 1. The van der Waals surface area contributed by atoms with Crippen LogP contribution in [0.4, 0.5) is 4.79 Å². The first-order valence-electron chi connectivity index (χ1n) is 10.1. The molecule has 2 N–H and O–H groups in total. The molecule has 0 aromatic heterocycles. The van der Waals surface area contributed by atoms with E-state index in [9.17, 15) is 14.7 Å². The smallest absolute Gasteiger partial charge is 0.325 e. The number of aliphatic hydroxyl groups is 1. The molecule has 2 aromatic carbocycles. The van der Waals surface area contributed by atoms with Gasteiger partial charge in [0, 0.05) is 0 Å². The van der Waals surface area contributed by atoms with Crippen molar-refractivity contribution in [3.05, 3.63) is 71.8 Å². The molecular weight excluding hydrogens is 368 g/mol. The van der Waals surface area contributed by atoms with Gasteiger partial charge in [-0.05, 0) is 24.0 Å². The maximum Gasteiger partial charge on any atom is 0.325 e. The van der Waals surface area contributed by atoms with Gasteiger partial charge in [0.05, 0.1) is 19.3 Å². The fraction of sp³-hybridized carbons (Fsp3) is 0.391. The minimum Gasteiger partial charge on any atom is -0.389 e. The van der Waals surface area contributed by atoms with Gasteiger partial charge in [-0.2, -0.15) is 0 Å². The number of nitrogens with one attached hydrogen (secondary N) is 1. The number of ether oxygens (including phenoxy) is 1. The van der Waals surface area contributed by atoms with Crippen molar-refractivity contribution in [3.8, 4) is 0 Å². The Bertz CT molecular complexity index is 810. The number of carbonyl (C=O) groups excluding carboxylic acids is 2. The highest BCUT2D eigenvalue weighted by Crippen LogP contribution is 2.35. The molecule has 152 valence electrons. The largest absolute Gasteiger partial charge is 0.389 e. The van der Waals surface area contributed by atoms with Crippen molar-refractivity contribution < 1.29 is 19.4 Å². The number of amides is 3. The molecule has 0 bridgehead atoms. The molecule has 1 aliphatic heterocycles. The lowest BCUT2D eigenvalue weighted by Crippen LogP contribution is -2.45. The van der Waals surface area contributed by atoms with Gasteiger partial charge in [-0.25, -0.2) is 4.79 Å². The Morgan fingerprint density at radius 3 is 2.07 bits per heavy atom. The normalized spacial score (nSPS) is 19.2. The Labute approximate surface area is 170 Å². The van der Waals surface area contributed by atoms with Crippen molar-refractivity contribution in [3.63, 3.8) is 0 Å². The van der Waals surface area contributed by atoms with Crippen LogP contribution >= 0.6 is 0 Å². The standard InChI is InChI=1S/C23H26N2O4/c26-19(15-25-21(27)23(24-22(25)28)13-7-8-14-23)16-29-20(17-9-3-1-4-10-17)18-11-5-2-6-12-18/h1-6,9-12,19-20,26H,7-8,13-16H2,(H,24,28)/t19-/m1/s1. The van der Waals surface area contributed by atoms with E-state index in [1.54, 1.807) is 0 Å². The molecule has 3 amide bonds. The van der Waals surface area contributed by atoms with Crippen LogP contribution in [-0.2, 0) is 9.53 Å². The van der Waals surface area contributed by atoms with Gasteiger partial charge < -0.3 is 15.2 Å². The zero-order valence-corrected chi connectivity index (χ0v) is 16.3. The van der Waals surface area contributed by atoms with Gasteiger partial charge in [-0.15, -0.1) is 0 Å². The number of rotatable bonds is 7. The summed E-state index contributed by atoms with van der Waals surface area (Å²) in [5, 5.41) is 13.4. The van der Waals surface area contributed by atoms with E-state index < -0.39 is 17.7 Å². The summed E-state index contributed by atoms with van der Waals surface area (Å²) in [5.41, 5.74) is 1.20. The molecule has 29 heavy (non-hydrogen) atoms. The fourth-order valence-corrected chi connectivity index (χ4v) is 4.27. The minimum absolute atomic E-state index is 0.0124. The Morgan fingerprint density at radius 1 is 0.966 bits per heavy atom. The second kappa shape index (κ2) is 8.35. The molecule has 1 aliphatic carbocycles. The van der Waals surface area contributed by atoms with Crippen LogP contribution < -0.4 is 5.32 Å². The van der Waals surface area contributed by atoms with E-state index in [0.717, 1.165) is 28.9 Å². The maximum absolute atomic E-state index is 12.7. The monoisotopic (exact) mass is 394 g/mol. The van der Waals surface area contributed by atoms with Crippen molar-refractivity contribution in [1.82, 2.24) is 10.2 Å². The van der Waals surface area contributed by atoms with Gasteiger partial charge in [0.25, 0.3) is 5.91 Å². The number of urea groups is 1. The van der Waals surface area contributed by atoms with E-state index in [4.69, 9.17) is 4.74 Å². The number of benzene rings is 2. The summed E-state index contributed by atoms with van der Waals surface area (Å²) in [6.07, 6.45) is 1.91. The van der Waals surface area contributed by atoms with Gasteiger partial charge in [-0.1, -0.05) is 73.5 Å². The highest BCUT2D eigenvalue weighted by atomic mass is 16.5. The lowest BCUT2D eigenvalue weighted by Gasteiger charge is -2.24. The quantitative estimate of drug-likeness (QED) is 0.708. The molecule has 2 fully saturated rings. The summed E-state index contributed by atoms with van der Waals surface area (Å²) in [5.74, 6) is -0.221. The molecule has 2 aromatic rings. The van der Waals surface area contributed by atoms with Crippen LogP contribution in [-0.4, -0.2) is 46.7 Å². The first-order chi connectivity index (χ1) is 14.1. The van der Waals surface area contributed by atoms with Crippen LogP contribution in [0.25, 0.3) is 0 Å². The number of hydrogen-bond donors (Lipinski definition) is 2. The van der Waals surface area contributed by atoms with Crippen LogP contribution in [0.15, 0.2) is 60.7 Å². The predicted octanol–water partition coefficient (Wildman–Crippen LogP) is 3.02. The van der Waals surface area contributed by atoms with E-state index in [1.165, 1.54) is 0 Å². The van der Waals surface area contributed by atoms with Crippen LogP contribution in [0.3, 0.4) is 0 Å². The summed E-state index contributed by atoms with van der Waals surface area (Å²) in [6.45, 7) is -0.0543. The molecule has 1 spiro atoms. The number of carbonyl (C=O) groups is 2. The maximum atomic E-state index is 12.7. The molecule has 0 radical (unpaired) electrons. The minimum atomic E-state index is -0.962. The second-order valence-corrected chi connectivity index (χ2v) is 7.82. The van der Waals surface area contributed by atoms with E-state index >= 15 is 0 Å². The van der Waals surface area contributed by atoms with Gasteiger partial charge in [0.1, 0.15) is 11.6 Å². The van der Waals surface area contributed by atoms with Crippen LogP contribution in [0.5, 0.6) is 0 Å². The SMILES string of the molecule is O=C1NC2(CCCC2)C(=O)N1C[C@@H](O)COC(c1ccccc1)c1ccccc1. The molecule has 1 saturated heterocycles. The van der Waals surface area contributed by atoms with Gasteiger partial charge in [0.2, 0.25) is 0 Å². The second-order valence-electron chi connectivity index (χ2n) is 7.82. The molecular formula is C23H26N2O4. The summed E-state index contributed by atoms with van der Waals surface area (Å²) in [6, 6.07) is 19.1. The van der Waals surface area contributed by atoms with E-state index in [0.29, 0.717) is 12.8 Å². The van der Waals surface area contributed by atoms with Crippen LogP contribution in [0, 0.1) is 0 Å². The number of nitrogens with zero attached hydrogens (tertiary/aromatic N) is 1. The zero-order valence-electron chi connectivity index (χ0n) is 16.3. The Hall–Kier alpha value is -2.70. The molecule has 0 unspecified atom stereocenters. The topological polar surface area (TPSA) is 78.9 Å². The summed E-state index contributed by atoms with van der Waals surface area (Å²) < 4.78 is 6.05. The zero-order chi connectivity index (χ0) is 20.3. The van der Waals surface area contributed by atoms with Crippen molar-refractivity contribution in [2.75, 3.05) is 13.2 Å². The highest BCUT2D eigenvalue weighted by molar-refractivity contribution is 6.07. The lowest BCUT2D eigenvalue weighted by molar-refractivity contribution is -0.132. The molecule has 4 rings (SSSR count).